The molecule has 1 aliphatic rings. The van der Waals surface area contributed by atoms with E-state index in [4.69, 9.17) is 15.0 Å². The Morgan fingerprint density at radius 1 is 1.26 bits per heavy atom. The smallest absolute Gasteiger partial charge is 0.263 e. The Morgan fingerprint density at radius 3 is 2.85 bits per heavy atom. The first-order valence-corrected chi connectivity index (χ1v) is 10.4. The molecule has 34 heavy (non-hydrogen) atoms. The number of aliphatic hydroxyl groups excluding tert-OH is 1. The maximum absolute atomic E-state index is 13.3. The second-order valence-corrected chi connectivity index (χ2v) is 7.91. The van der Waals surface area contributed by atoms with Crippen LogP contribution in [0.15, 0.2) is 59.5 Å². The van der Waals surface area contributed by atoms with Gasteiger partial charge in [-0.15, -0.1) is 5.10 Å². The largest absolute Gasteiger partial charge is 0.380 e. The van der Waals surface area contributed by atoms with E-state index < -0.39 is 23.5 Å². The van der Waals surface area contributed by atoms with Gasteiger partial charge in [-0.05, 0) is 31.2 Å². The van der Waals surface area contributed by atoms with E-state index in [1.165, 1.54) is 17.9 Å². The van der Waals surface area contributed by atoms with Crippen molar-refractivity contribution in [2.45, 2.75) is 18.6 Å². The molecule has 2 amide bonds. The number of nitrogens with zero attached hydrogens (tertiary/aromatic N) is 5. The number of nitrogen functional groups attached to an aromatic ring is 1. The van der Waals surface area contributed by atoms with Crippen LogP contribution in [-0.2, 0) is 14.3 Å². The fraction of sp³-hybridized carbons (Fsp3) is 0.227. The fourth-order valence-electron chi connectivity index (χ4n) is 3.79. The lowest BCUT2D eigenvalue weighted by Crippen LogP contribution is -2.63. The number of hydrogen-bond donors (Lipinski definition) is 3. The zero-order valence-corrected chi connectivity index (χ0v) is 18.1. The number of nitrogens with two attached hydrogens (primary N) is 1. The standard InChI is InChI=1S/C22H21N7O5/c1-22(18(30)20(31)25-13-2-3-15-16(12-13)34-27-19(15)23)21(32)28(10-11-33-22)17-6-9-29(26-17)14-4-7-24-8-5-14/h2-9,12,18,30H,10-11H2,1H3,(H2,23,27)(H,25,31). The second kappa shape index (κ2) is 8.24. The second-order valence-electron chi connectivity index (χ2n) is 7.91. The van der Waals surface area contributed by atoms with Crippen molar-refractivity contribution in [3.63, 3.8) is 0 Å². The Balaban J connectivity index is 1.34. The van der Waals surface area contributed by atoms with Gasteiger partial charge in [-0.1, -0.05) is 5.16 Å². The number of pyridine rings is 1. The molecule has 3 aromatic heterocycles. The van der Waals surface area contributed by atoms with Crippen LogP contribution in [0.1, 0.15) is 6.92 Å². The number of rotatable bonds is 5. The van der Waals surface area contributed by atoms with Crippen molar-refractivity contribution in [1.82, 2.24) is 19.9 Å². The third-order valence-electron chi connectivity index (χ3n) is 5.70. The van der Waals surface area contributed by atoms with Gasteiger partial charge in [-0.3, -0.25) is 19.5 Å². The topological polar surface area (TPSA) is 162 Å². The minimum absolute atomic E-state index is 0.109. The molecule has 0 aliphatic carbocycles. The van der Waals surface area contributed by atoms with Crippen LogP contribution in [0.5, 0.6) is 0 Å². The molecule has 4 heterocycles. The number of benzene rings is 1. The van der Waals surface area contributed by atoms with Crippen LogP contribution in [0.4, 0.5) is 17.3 Å². The molecule has 1 fully saturated rings. The van der Waals surface area contributed by atoms with Crippen LogP contribution in [0.3, 0.4) is 0 Å². The summed E-state index contributed by atoms with van der Waals surface area (Å²) in [7, 11) is 0. The number of carbonyl (C=O) groups excluding carboxylic acids is 2. The highest BCUT2D eigenvalue weighted by molar-refractivity contribution is 6.06. The highest BCUT2D eigenvalue weighted by atomic mass is 16.5. The predicted molar refractivity (Wildman–Crippen MR) is 121 cm³/mol. The van der Waals surface area contributed by atoms with E-state index in [-0.39, 0.29) is 19.0 Å². The van der Waals surface area contributed by atoms with E-state index in [2.05, 4.69) is 20.6 Å². The zero-order chi connectivity index (χ0) is 23.9. The van der Waals surface area contributed by atoms with Crippen molar-refractivity contribution < 1.29 is 24.0 Å². The molecule has 174 valence electrons. The van der Waals surface area contributed by atoms with Crippen LogP contribution in [0, 0.1) is 0 Å². The van der Waals surface area contributed by atoms with E-state index in [0.29, 0.717) is 22.5 Å². The highest BCUT2D eigenvalue weighted by Crippen LogP contribution is 2.29. The number of hydrogen-bond acceptors (Lipinski definition) is 9. The van der Waals surface area contributed by atoms with Gasteiger partial charge in [-0.25, -0.2) is 4.68 Å². The number of amides is 2. The van der Waals surface area contributed by atoms with Gasteiger partial charge < -0.3 is 25.4 Å². The molecule has 12 nitrogen and oxygen atoms in total. The third kappa shape index (κ3) is 3.64. The molecule has 0 bridgehead atoms. The van der Waals surface area contributed by atoms with Crippen LogP contribution in [-0.4, -0.2) is 61.7 Å². The van der Waals surface area contributed by atoms with E-state index in [1.807, 2.05) is 0 Å². The van der Waals surface area contributed by atoms with Gasteiger partial charge in [0.2, 0.25) is 0 Å². The lowest BCUT2D eigenvalue weighted by molar-refractivity contribution is -0.170. The average molecular weight is 463 g/mol. The highest BCUT2D eigenvalue weighted by Gasteiger charge is 2.51. The molecule has 0 radical (unpaired) electrons. The Labute approximate surface area is 192 Å². The summed E-state index contributed by atoms with van der Waals surface area (Å²) < 4.78 is 12.3. The van der Waals surface area contributed by atoms with Crippen molar-refractivity contribution in [2.24, 2.45) is 0 Å². The number of anilines is 3. The molecule has 2 unspecified atom stereocenters. The molecular formula is C22H21N7O5. The minimum Gasteiger partial charge on any atom is -0.380 e. The van der Waals surface area contributed by atoms with E-state index in [1.54, 1.807) is 53.6 Å². The summed E-state index contributed by atoms with van der Waals surface area (Å²) in [5.41, 5.74) is 5.37. The Morgan fingerprint density at radius 2 is 2.06 bits per heavy atom. The predicted octanol–water partition coefficient (Wildman–Crippen LogP) is 1.11. The molecular weight excluding hydrogens is 442 g/mol. The van der Waals surface area contributed by atoms with Gasteiger partial charge in [0.25, 0.3) is 11.8 Å². The van der Waals surface area contributed by atoms with Crippen LogP contribution < -0.4 is 16.0 Å². The number of carbonyl (C=O) groups is 2. The number of nitrogens with one attached hydrogen (secondary N) is 1. The first-order valence-electron chi connectivity index (χ1n) is 10.4. The monoisotopic (exact) mass is 463 g/mol. The molecule has 2 atom stereocenters. The molecule has 0 spiro atoms. The van der Waals surface area contributed by atoms with Crippen LogP contribution in [0.2, 0.25) is 0 Å². The Kier molecular flexibility index (Phi) is 5.23. The molecule has 5 rings (SSSR count). The zero-order valence-electron chi connectivity index (χ0n) is 18.1. The van der Waals surface area contributed by atoms with Gasteiger partial charge in [0.05, 0.1) is 24.2 Å². The van der Waals surface area contributed by atoms with Gasteiger partial charge in [0, 0.05) is 36.4 Å². The summed E-state index contributed by atoms with van der Waals surface area (Å²) in [4.78, 5) is 31.5. The quantitative estimate of drug-likeness (QED) is 0.394. The number of fused-ring (bicyclic) bond motifs is 1. The van der Waals surface area contributed by atoms with Crippen molar-refractivity contribution in [3.05, 3.63) is 55.0 Å². The number of ether oxygens (including phenoxy) is 1. The van der Waals surface area contributed by atoms with Gasteiger partial charge in [0.1, 0.15) is 0 Å². The fourth-order valence-corrected chi connectivity index (χ4v) is 3.79. The maximum Gasteiger partial charge on any atom is 0.263 e. The minimum atomic E-state index is -1.82. The van der Waals surface area contributed by atoms with E-state index in [9.17, 15) is 14.7 Å². The lowest BCUT2D eigenvalue weighted by Gasteiger charge is -2.40. The molecule has 0 saturated carbocycles. The van der Waals surface area contributed by atoms with Gasteiger partial charge in [0.15, 0.2) is 28.9 Å². The van der Waals surface area contributed by atoms with Crippen molar-refractivity contribution >= 4 is 40.1 Å². The molecule has 12 heteroatoms. The maximum atomic E-state index is 13.3. The molecule has 1 aliphatic heterocycles. The average Bonchev–Trinajstić information content (AvgIpc) is 3.48. The molecule has 4 aromatic rings. The lowest BCUT2D eigenvalue weighted by atomic mass is 9.94. The summed E-state index contributed by atoms with van der Waals surface area (Å²) >= 11 is 0. The summed E-state index contributed by atoms with van der Waals surface area (Å²) in [6, 6.07) is 9.97. The normalized spacial score (nSPS) is 19.4. The first kappa shape index (κ1) is 21.6. The number of aromatic nitrogens is 4. The molecule has 1 saturated heterocycles. The summed E-state index contributed by atoms with van der Waals surface area (Å²) in [6.07, 6.45) is 3.19. The van der Waals surface area contributed by atoms with Crippen LogP contribution >= 0.6 is 0 Å². The van der Waals surface area contributed by atoms with Crippen molar-refractivity contribution in [3.8, 4) is 5.69 Å². The Bertz CT molecular complexity index is 1370. The van der Waals surface area contributed by atoms with Gasteiger partial charge >= 0.3 is 0 Å². The summed E-state index contributed by atoms with van der Waals surface area (Å²) in [5, 5.41) is 22.1. The summed E-state index contributed by atoms with van der Waals surface area (Å²) in [5.74, 6) is -0.794. The SMILES string of the molecule is CC1(C(O)C(=O)Nc2ccc3c(N)noc3c2)OCCN(c2ccn(-c3ccncc3)n2)C1=O. The van der Waals surface area contributed by atoms with E-state index in [0.717, 1.165) is 5.69 Å². The number of aliphatic hydroxyl groups is 1. The first-order chi connectivity index (χ1) is 16.4. The number of morpholine rings is 1. The third-order valence-corrected chi connectivity index (χ3v) is 5.70. The van der Waals surface area contributed by atoms with Crippen molar-refractivity contribution in [2.75, 3.05) is 29.1 Å². The van der Waals surface area contributed by atoms with Crippen LogP contribution in [0.25, 0.3) is 16.7 Å². The van der Waals surface area contributed by atoms with E-state index >= 15 is 0 Å². The van der Waals surface area contributed by atoms with Gasteiger partial charge in [-0.2, -0.15) is 0 Å². The Hall–Kier alpha value is -4.29. The summed E-state index contributed by atoms with van der Waals surface area (Å²) in [6.45, 7) is 1.71. The van der Waals surface area contributed by atoms with Crippen molar-refractivity contribution in [1.29, 1.82) is 0 Å². The molecule has 1 aromatic carbocycles. The molecule has 4 N–H and O–H groups in total.